The molecule has 0 aliphatic rings. The van der Waals surface area contributed by atoms with Gasteiger partial charge in [0.1, 0.15) is 11.6 Å². The Morgan fingerprint density at radius 2 is 1.03 bits per heavy atom. The van der Waals surface area contributed by atoms with Crippen molar-refractivity contribution in [2.75, 3.05) is 52.4 Å². The van der Waals surface area contributed by atoms with Crippen LogP contribution in [0.1, 0.15) is 33.6 Å². The van der Waals surface area contributed by atoms with Crippen molar-refractivity contribution in [2.24, 2.45) is 0 Å². The Kier molecular flexibility index (Phi) is 14.2. The van der Waals surface area contributed by atoms with Gasteiger partial charge < -0.3 is 30.3 Å². The van der Waals surface area contributed by atoms with E-state index in [1.165, 1.54) is 4.90 Å². The van der Waals surface area contributed by atoms with Gasteiger partial charge in [-0.2, -0.15) is 0 Å². The molecule has 0 unspecified atom stereocenters. The molecule has 0 rings (SSSR count). The maximum absolute atomic E-state index is 12.1. The molecule has 0 spiro atoms. The van der Waals surface area contributed by atoms with Gasteiger partial charge in [-0.05, 0) is 27.2 Å². The average molecular weight is 522 g/mol. The summed E-state index contributed by atoms with van der Waals surface area (Å²) in [6.45, 7) is 1.78. The van der Waals surface area contributed by atoms with E-state index >= 15 is 0 Å². The van der Waals surface area contributed by atoms with E-state index in [2.05, 4.69) is 0 Å². The molecule has 5 N–H and O–H groups in total. The SMILES string of the molecule is CC(C)(C)OC(=O)CC[C@@H](C(=O)O)N(CCN(CC(=O)O)CC(=O)O)CCN(CC(=O)O)CC(=O)O. The van der Waals surface area contributed by atoms with Gasteiger partial charge in [0.25, 0.3) is 0 Å². The summed E-state index contributed by atoms with van der Waals surface area (Å²) in [6, 6.07) is -1.30. The standard InChI is InChI=1S/C21H35N3O12/c1-21(2,3)36-19(33)5-4-14(20(34)35)24(8-6-22(10-15(25)26)11-16(27)28)9-7-23(12-17(29)30)13-18(31)32/h14H,4-13H2,1-3H3,(H,25,26)(H,27,28)(H,29,30)(H,31,32)(H,34,35)/t14-/m0/s1. The molecule has 0 fully saturated rings. The number of carbonyl (C=O) groups excluding carboxylic acids is 1. The second-order valence-electron chi connectivity index (χ2n) is 9.01. The number of carboxylic acids is 5. The summed E-state index contributed by atoms with van der Waals surface area (Å²) in [5, 5.41) is 45.9. The molecule has 1 atom stereocenters. The summed E-state index contributed by atoms with van der Waals surface area (Å²) in [6.07, 6.45) is -0.480. The van der Waals surface area contributed by atoms with Crippen molar-refractivity contribution in [3.05, 3.63) is 0 Å². The zero-order valence-corrected chi connectivity index (χ0v) is 20.6. The van der Waals surface area contributed by atoms with Gasteiger partial charge in [0.2, 0.25) is 0 Å². The summed E-state index contributed by atoms with van der Waals surface area (Å²) in [7, 11) is 0. The molecule has 0 aromatic heterocycles. The van der Waals surface area contributed by atoms with Gasteiger partial charge in [0.05, 0.1) is 26.2 Å². The van der Waals surface area contributed by atoms with Gasteiger partial charge in [-0.3, -0.25) is 43.5 Å². The highest BCUT2D eigenvalue weighted by atomic mass is 16.6. The van der Waals surface area contributed by atoms with Crippen molar-refractivity contribution in [2.45, 2.75) is 45.3 Å². The lowest BCUT2D eigenvalue weighted by Crippen LogP contribution is -2.50. The fourth-order valence-electron chi connectivity index (χ4n) is 3.27. The molecule has 0 amide bonds. The predicted octanol–water partition coefficient (Wildman–Crippen LogP) is -1.19. The van der Waals surface area contributed by atoms with Crippen LogP contribution in [0.2, 0.25) is 0 Å². The molecular formula is C21H35N3O12. The van der Waals surface area contributed by atoms with Gasteiger partial charge >= 0.3 is 35.8 Å². The molecule has 0 radical (unpaired) electrons. The van der Waals surface area contributed by atoms with E-state index < -0.39 is 73.6 Å². The van der Waals surface area contributed by atoms with Crippen molar-refractivity contribution < 1.29 is 59.0 Å². The zero-order chi connectivity index (χ0) is 28.1. The molecule has 0 saturated heterocycles. The minimum Gasteiger partial charge on any atom is -0.480 e. The Morgan fingerprint density at radius 1 is 0.667 bits per heavy atom. The van der Waals surface area contributed by atoms with Crippen LogP contribution in [0, 0.1) is 0 Å². The maximum atomic E-state index is 12.1. The molecule has 15 heteroatoms. The first-order valence-electron chi connectivity index (χ1n) is 11.0. The third kappa shape index (κ3) is 16.3. The van der Waals surface area contributed by atoms with Crippen LogP contribution in [0.15, 0.2) is 0 Å². The van der Waals surface area contributed by atoms with Crippen LogP contribution in [0.25, 0.3) is 0 Å². The number of nitrogens with zero attached hydrogens (tertiary/aromatic N) is 3. The van der Waals surface area contributed by atoms with Gasteiger partial charge in [-0.25, -0.2) is 0 Å². The van der Waals surface area contributed by atoms with Crippen LogP contribution in [0.4, 0.5) is 0 Å². The first kappa shape index (κ1) is 32.7. The Morgan fingerprint density at radius 3 is 1.31 bits per heavy atom. The molecule has 0 aromatic rings. The minimum atomic E-state index is -1.33. The largest absolute Gasteiger partial charge is 0.480 e. The van der Waals surface area contributed by atoms with Gasteiger partial charge in [-0.15, -0.1) is 0 Å². The highest BCUT2D eigenvalue weighted by molar-refractivity contribution is 5.76. The molecular weight excluding hydrogens is 486 g/mol. The Hall–Kier alpha value is -3.30. The maximum Gasteiger partial charge on any atom is 0.320 e. The first-order valence-corrected chi connectivity index (χ1v) is 11.0. The molecule has 15 nitrogen and oxygen atoms in total. The van der Waals surface area contributed by atoms with Gasteiger partial charge in [-0.1, -0.05) is 0 Å². The Bertz CT molecular complexity index is 724. The van der Waals surface area contributed by atoms with E-state index in [-0.39, 0.29) is 39.0 Å². The fraction of sp³-hybridized carbons (Fsp3) is 0.714. The second kappa shape index (κ2) is 15.6. The molecule has 0 heterocycles. The quantitative estimate of drug-likeness (QED) is 0.126. The van der Waals surface area contributed by atoms with Crippen LogP contribution in [-0.4, -0.2) is 140 Å². The molecule has 36 heavy (non-hydrogen) atoms. The van der Waals surface area contributed by atoms with Crippen LogP contribution in [0.3, 0.4) is 0 Å². The summed E-state index contributed by atoms with van der Waals surface area (Å²) in [5.74, 6) is -7.16. The zero-order valence-electron chi connectivity index (χ0n) is 20.6. The molecule has 0 aromatic carbocycles. The van der Waals surface area contributed by atoms with Crippen molar-refractivity contribution >= 4 is 35.8 Å². The number of hydrogen-bond acceptors (Lipinski definition) is 10. The lowest BCUT2D eigenvalue weighted by Gasteiger charge is -2.32. The summed E-state index contributed by atoms with van der Waals surface area (Å²) >= 11 is 0. The van der Waals surface area contributed by atoms with Crippen molar-refractivity contribution in [3.8, 4) is 0 Å². The lowest BCUT2D eigenvalue weighted by molar-refractivity contribution is -0.156. The number of hydrogen-bond donors (Lipinski definition) is 5. The number of aliphatic carboxylic acids is 5. The first-order chi connectivity index (χ1) is 16.5. The molecule has 0 saturated carbocycles. The van der Waals surface area contributed by atoms with E-state index in [1.807, 2.05) is 0 Å². The van der Waals surface area contributed by atoms with Crippen molar-refractivity contribution in [3.63, 3.8) is 0 Å². The average Bonchev–Trinajstić information content (AvgIpc) is 2.65. The van der Waals surface area contributed by atoms with Gasteiger partial charge in [0.15, 0.2) is 0 Å². The van der Waals surface area contributed by atoms with Crippen LogP contribution in [-0.2, 0) is 33.5 Å². The smallest absolute Gasteiger partial charge is 0.320 e. The van der Waals surface area contributed by atoms with E-state index in [9.17, 15) is 33.9 Å². The number of esters is 1. The normalized spacial score (nSPS) is 12.5. The number of carbonyl (C=O) groups is 6. The van der Waals surface area contributed by atoms with E-state index in [1.54, 1.807) is 20.8 Å². The minimum absolute atomic E-state index is 0.153. The molecule has 0 aliphatic carbocycles. The number of rotatable bonds is 19. The highest BCUT2D eigenvalue weighted by Gasteiger charge is 2.29. The molecule has 0 aliphatic heterocycles. The van der Waals surface area contributed by atoms with Gasteiger partial charge in [0, 0.05) is 32.6 Å². The predicted molar refractivity (Wildman–Crippen MR) is 121 cm³/mol. The third-order valence-electron chi connectivity index (χ3n) is 4.61. The summed E-state index contributed by atoms with van der Waals surface area (Å²) < 4.78 is 5.19. The van der Waals surface area contributed by atoms with Crippen LogP contribution >= 0.6 is 0 Å². The van der Waals surface area contributed by atoms with E-state index in [4.69, 9.17) is 25.2 Å². The van der Waals surface area contributed by atoms with Crippen LogP contribution in [0.5, 0.6) is 0 Å². The number of ether oxygens (including phenoxy) is 1. The highest BCUT2D eigenvalue weighted by Crippen LogP contribution is 2.14. The van der Waals surface area contributed by atoms with E-state index in [0.717, 1.165) is 9.80 Å². The Labute approximate surface area is 207 Å². The molecule has 0 bridgehead atoms. The van der Waals surface area contributed by atoms with E-state index in [0.29, 0.717) is 0 Å². The summed E-state index contributed by atoms with van der Waals surface area (Å²) in [5.41, 5.74) is -0.794. The monoisotopic (exact) mass is 521 g/mol. The van der Waals surface area contributed by atoms with Crippen molar-refractivity contribution in [1.29, 1.82) is 0 Å². The fourth-order valence-corrected chi connectivity index (χ4v) is 3.27. The third-order valence-corrected chi connectivity index (χ3v) is 4.61. The lowest BCUT2D eigenvalue weighted by atomic mass is 10.1. The Balaban J connectivity index is 5.70. The summed E-state index contributed by atoms with van der Waals surface area (Å²) in [4.78, 5) is 71.9. The van der Waals surface area contributed by atoms with Crippen LogP contribution < -0.4 is 0 Å². The number of carboxylic acid groups (broad SMARTS) is 5. The molecule has 206 valence electrons. The second-order valence-corrected chi connectivity index (χ2v) is 9.01. The topological polar surface area (TPSA) is 223 Å². The van der Waals surface area contributed by atoms with Crippen molar-refractivity contribution in [1.82, 2.24) is 14.7 Å².